The van der Waals surface area contributed by atoms with Gasteiger partial charge in [-0.1, -0.05) is 26.7 Å². The van der Waals surface area contributed by atoms with Crippen molar-refractivity contribution in [2.45, 2.75) is 39.5 Å². The molecule has 0 aliphatic rings. The molecular formula is C15H23N3S. The topological polar surface area (TPSA) is 42.2 Å². The van der Waals surface area contributed by atoms with E-state index in [-0.39, 0.29) is 0 Å². The molecule has 0 unspecified atom stereocenters. The molecule has 1 aromatic heterocycles. The van der Waals surface area contributed by atoms with Crippen molar-refractivity contribution in [3.05, 3.63) is 17.6 Å². The van der Waals surface area contributed by atoms with Gasteiger partial charge >= 0.3 is 0 Å². The Balaban J connectivity index is 2.28. The van der Waals surface area contributed by atoms with Crippen molar-refractivity contribution in [3.63, 3.8) is 0 Å². The van der Waals surface area contributed by atoms with Crippen LogP contribution in [0.25, 0.3) is 10.2 Å². The standard InChI is InChI=1S/C15H23N3S/c1-3-5-9-18(10-6-4-2)12-7-8-13-15(14(12)16)17-11-19-13/h7-8,11H,3-6,9-10,16H2,1-2H3. The Bertz CT molecular complexity index is 513. The molecular weight excluding hydrogens is 254 g/mol. The molecule has 4 heteroatoms. The number of aromatic nitrogens is 1. The minimum Gasteiger partial charge on any atom is -0.395 e. The monoisotopic (exact) mass is 277 g/mol. The van der Waals surface area contributed by atoms with Crippen molar-refractivity contribution in [2.75, 3.05) is 23.7 Å². The lowest BCUT2D eigenvalue weighted by Crippen LogP contribution is -2.26. The van der Waals surface area contributed by atoms with Gasteiger partial charge in [0.05, 0.1) is 21.6 Å². The van der Waals surface area contributed by atoms with E-state index in [1.807, 2.05) is 5.51 Å². The first kappa shape index (κ1) is 14.1. The minimum atomic E-state index is 0.839. The molecule has 0 fully saturated rings. The number of nitrogen functional groups attached to an aromatic ring is 1. The summed E-state index contributed by atoms with van der Waals surface area (Å²) >= 11 is 1.65. The lowest BCUT2D eigenvalue weighted by atomic mass is 10.2. The van der Waals surface area contributed by atoms with E-state index < -0.39 is 0 Å². The van der Waals surface area contributed by atoms with Crippen LogP contribution in [0.4, 0.5) is 11.4 Å². The van der Waals surface area contributed by atoms with Crippen molar-refractivity contribution in [3.8, 4) is 0 Å². The van der Waals surface area contributed by atoms with E-state index in [9.17, 15) is 0 Å². The van der Waals surface area contributed by atoms with Gasteiger partial charge in [-0.15, -0.1) is 11.3 Å². The molecule has 104 valence electrons. The zero-order chi connectivity index (χ0) is 13.7. The second kappa shape index (κ2) is 6.75. The number of rotatable bonds is 7. The molecule has 0 atom stereocenters. The molecule has 1 aromatic carbocycles. The summed E-state index contributed by atoms with van der Waals surface area (Å²) in [5.41, 5.74) is 11.1. The number of hydrogen-bond donors (Lipinski definition) is 1. The maximum Gasteiger partial charge on any atom is 0.106 e. The highest BCUT2D eigenvalue weighted by Gasteiger charge is 2.12. The number of benzene rings is 1. The van der Waals surface area contributed by atoms with E-state index in [2.05, 4.69) is 35.9 Å². The van der Waals surface area contributed by atoms with Crippen LogP contribution in [0.3, 0.4) is 0 Å². The van der Waals surface area contributed by atoms with Gasteiger partial charge in [0, 0.05) is 13.1 Å². The molecule has 0 saturated carbocycles. The van der Waals surface area contributed by atoms with Gasteiger partial charge in [-0.2, -0.15) is 0 Å². The van der Waals surface area contributed by atoms with Crippen LogP contribution in [0.1, 0.15) is 39.5 Å². The van der Waals surface area contributed by atoms with Crippen LogP contribution in [-0.4, -0.2) is 18.1 Å². The molecule has 0 aliphatic carbocycles. The average molecular weight is 277 g/mol. The fourth-order valence-electron chi connectivity index (χ4n) is 2.27. The highest BCUT2D eigenvalue weighted by Crippen LogP contribution is 2.32. The van der Waals surface area contributed by atoms with E-state index in [0.29, 0.717) is 0 Å². The van der Waals surface area contributed by atoms with Crippen LogP contribution in [0, 0.1) is 0 Å². The molecule has 3 nitrogen and oxygen atoms in total. The fraction of sp³-hybridized carbons (Fsp3) is 0.533. The van der Waals surface area contributed by atoms with Crippen molar-refractivity contribution in [1.82, 2.24) is 4.98 Å². The second-order valence-corrected chi connectivity index (χ2v) is 5.78. The average Bonchev–Trinajstić information content (AvgIpc) is 2.89. The summed E-state index contributed by atoms with van der Waals surface area (Å²) in [6, 6.07) is 4.30. The van der Waals surface area contributed by atoms with Crippen molar-refractivity contribution in [2.24, 2.45) is 0 Å². The third-order valence-electron chi connectivity index (χ3n) is 3.42. The summed E-state index contributed by atoms with van der Waals surface area (Å²) in [6.07, 6.45) is 4.83. The summed E-state index contributed by atoms with van der Waals surface area (Å²) < 4.78 is 1.17. The maximum absolute atomic E-state index is 6.31. The number of anilines is 2. The molecule has 2 N–H and O–H groups in total. The van der Waals surface area contributed by atoms with Crippen LogP contribution >= 0.6 is 11.3 Å². The van der Waals surface area contributed by atoms with Gasteiger partial charge in [0.15, 0.2) is 0 Å². The number of fused-ring (bicyclic) bond motifs is 1. The number of thiazole rings is 1. The van der Waals surface area contributed by atoms with Gasteiger partial charge in [-0.3, -0.25) is 0 Å². The van der Waals surface area contributed by atoms with Gasteiger partial charge in [0.25, 0.3) is 0 Å². The zero-order valence-corrected chi connectivity index (χ0v) is 12.7. The van der Waals surface area contributed by atoms with Gasteiger partial charge in [0.2, 0.25) is 0 Å². The fourth-order valence-corrected chi connectivity index (χ4v) is 2.96. The maximum atomic E-state index is 6.31. The SMILES string of the molecule is CCCCN(CCCC)c1ccc2scnc2c1N. The van der Waals surface area contributed by atoms with E-state index in [4.69, 9.17) is 5.73 Å². The first-order valence-corrected chi connectivity index (χ1v) is 8.02. The predicted octanol–water partition coefficient (Wildman–Crippen LogP) is 4.29. The normalized spacial score (nSPS) is 11.1. The molecule has 1 heterocycles. The molecule has 0 spiro atoms. The van der Waals surface area contributed by atoms with Crippen LogP contribution in [0.15, 0.2) is 17.6 Å². The van der Waals surface area contributed by atoms with Crippen LogP contribution in [-0.2, 0) is 0 Å². The summed E-state index contributed by atoms with van der Waals surface area (Å²) in [5.74, 6) is 0. The van der Waals surface area contributed by atoms with Crippen molar-refractivity contribution >= 4 is 32.9 Å². The molecule has 2 rings (SSSR count). The predicted molar refractivity (Wildman–Crippen MR) is 86.1 cm³/mol. The highest BCUT2D eigenvalue weighted by molar-refractivity contribution is 7.16. The molecule has 2 aromatic rings. The highest BCUT2D eigenvalue weighted by atomic mass is 32.1. The Labute approximate surface area is 119 Å². The molecule has 19 heavy (non-hydrogen) atoms. The van der Waals surface area contributed by atoms with E-state index in [1.54, 1.807) is 11.3 Å². The van der Waals surface area contributed by atoms with E-state index in [0.717, 1.165) is 30.0 Å². The van der Waals surface area contributed by atoms with Gasteiger partial charge in [-0.05, 0) is 25.0 Å². The van der Waals surface area contributed by atoms with Crippen LogP contribution in [0.2, 0.25) is 0 Å². The zero-order valence-electron chi connectivity index (χ0n) is 11.9. The minimum absolute atomic E-state index is 0.839. The first-order valence-electron chi connectivity index (χ1n) is 7.14. The molecule has 0 bridgehead atoms. The third-order valence-corrected chi connectivity index (χ3v) is 4.22. The summed E-state index contributed by atoms with van der Waals surface area (Å²) in [7, 11) is 0. The smallest absolute Gasteiger partial charge is 0.106 e. The second-order valence-electron chi connectivity index (χ2n) is 4.89. The third kappa shape index (κ3) is 3.18. The van der Waals surface area contributed by atoms with Crippen LogP contribution < -0.4 is 10.6 Å². The van der Waals surface area contributed by atoms with Crippen molar-refractivity contribution < 1.29 is 0 Å². The summed E-state index contributed by atoms with van der Waals surface area (Å²) in [4.78, 5) is 6.81. The molecule has 0 radical (unpaired) electrons. The lowest BCUT2D eigenvalue weighted by molar-refractivity contribution is 0.679. The quantitative estimate of drug-likeness (QED) is 0.768. The number of hydrogen-bond acceptors (Lipinski definition) is 4. The van der Waals surface area contributed by atoms with Crippen LogP contribution in [0.5, 0.6) is 0 Å². The Morgan fingerprint density at radius 3 is 2.47 bits per heavy atom. The Morgan fingerprint density at radius 1 is 1.16 bits per heavy atom. The lowest BCUT2D eigenvalue weighted by Gasteiger charge is -2.26. The summed E-state index contributed by atoms with van der Waals surface area (Å²) in [5, 5.41) is 0. The largest absolute Gasteiger partial charge is 0.395 e. The number of nitrogens with zero attached hydrogens (tertiary/aromatic N) is 2. The van der Waals surface area contributed by atoms with Gasteiger partial charge in [-0.25, -0.2) is 4.98 Å². The molecule has 0 saturated heterocycles. The molecule has 0 aliphatic heterocycles. The Hall–Kier alpha value is -1.29. The number of nitrogens with two attached hydrogens (primary N) is 1. The van der Waals surface area contributed by atoms with Gasteiger partial charge in [0.1, 0.15) is 5.52 Å². The Kier molecular flexibility index (Phi) is 5.02. The van der Waals surface area contributed by atoms with E-state index in [1.165, 1.54) is 30.4 Å². The number of unbranched alkanes of at least 4 members (excludes halogenated alkanes) is 2. The van der Waals surface area contributed by atoms with E-state index >= 15 is 0 Å². The van der Waals surface area contributed by atoms with Gasteiger partial charge < -0.3 is 10.6 Å². The molecule has 0 amide bonds. The van der Waals surface area contributed by atoms with Crippen molar-refractivity contribution in [1.29, 1.82) is 0 Å². The first-order chi connectivity index (χ1) is 9.27. The summed E-state index contributed by atoms with van der Waals surface area (Å²) in [6.45, 7) is 6.61. The Morgan fingerprint density at radius 2 is 1.84 bits per heavy atom.